The van der Waals surface area contributed by atoms with Crippen LogP contribution in [0.25, 0.3) is 0 Å². The molecule has 2 aromatic rings. The number of hydrogen-bond acceptors (Lipinski definition) is 8. The van der Waals surface area contributed by atoms with E-state index in [-0.39, 0.29) is 11.3 Å². The highest BCUT2D eigenvalue weighted by Gasteiger charge is 2.40. The van der Waals surface area contributed by atoms with Crippen molar-refractivity contribution in [2.24, 2.45) is 0 Å². The molecule has 0 aromatic carbocycles. The van der Waals surface area contributed by atoms with E-state index >= 15 is 0 Å². The van der Waals surface area contributed by atoms with E-state index in [1.54, 1.807) is 12.1 Å². The largest absolute Gasteiger partial charge is 0.471 e. The predicted octanol–water partition coefficient (Wildman–Crippen LogP) is 1.55. The van der Waals surface area contributed by atoms with Crippen molar-refractivity contribution in [1.82, 2.24) is 19.9 Å². The zero-order valence-electron chi connectivity index (χ0n) is 15.8. The highest BCUT2D eigenvalue weighted by atomic mass is 16.5. The first-order chi connectivity index (χ1) is 12.9. The maximum atomic E-state index is 8.58. The van der Waals surface area contributed by atoms with E-state index in [2.05, 4.69) is 38.7 Å². The van der Waals surface area contributed by atoms with Crippen LogP contribution >= 0.6 is 0 Å². The second-order valence-electron chi connectivity index (χ2n) is 7.57. The van der Waals surface area contributed by atoms with Crippen LogP contribution in [0.1, 0.15) is 31.2 Å². The minimum atomic E-state index is -0.133. The standard InChI is InChI=1S/C19H25N7O/c1-19(5-6-19)27-16-4-3-13(20)18(24-16)17(21)14-11-15(23-12-22-14)26-9-7-25(2)8-10-26/h3-4,11-12,21H,5-10,20H2,1-2H3. The third-order valence-electron chi connectivity index (χ3n) is 5.18. The summed E-state index contributed by atoms with van der Waals surface area (Å²) in [6, 6.07) is 5.33. The minimum absolute atomic E-state index is 0.133. The molecule has 8 nitrogen and oxygen atoms in total. The summed E-state index contributed by atoms with van der Waals surface area (Å²) in [5.74, 6) is 1.33. The summed E-state index contributed by atoms with van der Waals surface area (Å²) in [6.07, 6.45) is 3.54. The molecule has 3 heterocycles. The average molecular weight is 367 g/mol. The third-order valence-corrected chi connectivity index (χ3v) is 5.18. The zero-order chi connectivity index (χ0) is 19.0. The highest BCUT2D eigenvalue weighted by molar-refractivity contribution is 6.11. The Hall–Kier alpha value is -2.74. The molecule has 1 saturated heterocycles. The van der Waals surface area contributed by atoms with Gasteiger partial charge in [-0.3, -0.25) is 5.41 Å². The van der Waals surface area contributed by atoms with Crippen LogP contribution in [0.15, 0.2) is 24.5 Å². The van der Waals surface area contributed by atoms with Crippen molar-refractivity contribution < 1.29 is 4.74 Å². The van der Waals surface area contributed by atoms with Gasteiger partial charge in [0.05, 0.1) is 11.4 Å². The van der Waals surface area contributed by atoms with Crippen molar-refractivity contribution in [3.05, 3.63) is 35.9 Å². The number of pyridine rings is 1. The van der Waals surface area contributed by atoms with E-state index in [0.717, 1.165) is 44.8 Å². The summed E-state index contributed by atoms with van der Waals surface area (Å²) >= 11 is 0. The summed E-state index contributed by atoms with van der Waals surface area (Å²) in [6.45, 7) is 5.85. The van der Waals surface area contributed by atoms with Crippen molar-refractivity contribution in [3.63, 3.8) is 0 Å². The van der Waals surface area contributed by atoms with Gasteiger partial charge in [0, 0.05) is 38.3 Å². The maximum absolute atomic E-state index is 8.58. The number of aromatic nitrogens is 3. The molecule has 0 bridgehead atoms. The molecule has 8 heteroatoms. The number of ether oxygens (including phenoxy) is 1. The van der Waals surface area contributed by atoms with Gasteiger partial charge < -0.3 is 20.3 Å². The number of nitrogens with two attached hydrogens (primary N) is 1. The second kappa shape index (κ2) is 6.77. The number of rotatable bonds is 5. The van der Waals surface area contributed by atoms with E-state index in [1.165, 1.54) is 6.33 Å². The molecule has 0 unspecified atom stereocenters. The maximum Gasteiger partial charge on any atom is 0.214 e. The molecular formula is C19H25N7O. The van der Waals surface area contributed by atoms with Crippen LogP contribution in [0.3, 0.4) is 0 Å². The lowest BCUT2D eigenvalue weighted by atomic mass is 10.1. The minimum Gasteiger partial charge on any atom is -0.471 e. The third kappa shape index (κ3) is 3.85. The molecule has 27 heavy (non-hydrogen) atoms. The van der Waals surface area contributed by atoms with Crippen LogP contribution < -0.4 is 15.4 Å². The lowest BCUT2D eigenvalue weighted by Crippen LogP contribution is -2.44. The van der Waals surface area contributed by atoms with E-state index in [1.807, 2.05) is 6.07 Å². The van der Waals surface area contributed by atoms with Crippen LogP contribution in [0.2, 0.25) is 0 Å². The van der Waals surface area contributed by atoms with Crippen LogP contribution in [-0.4, -0.2) is 64.4 Å². The van der Waals surface area contributed by atoms with Gasteiger partial charge in [-0.15, -0.1) is 0 Å². The molecule has 0 spiro atoms. The zero-order valence-corrected chi connectivity index (χ0v) is 15.8. The van der Waals surface area contributed by atoms with E-state index in [4.69, 9.17) is 15.9 Å². The molecule has 142 valence electrons. The summed E-state index contributed by atoms with van der Waals surface area (Å²) < 4.78 is 5.91. The average Bonchev–Trinajstić information content (AvgIpc) is 3.40. The van der Waals surface area contributed by atoms with Gasteiger partial charge in [0.2, 0.25) is 5.88 Å². The summed E-state index contributed by atoms with van der Waals surface area (Å²) in [7, 11) is 2.12. The Labute approximate surface area is 158 Å². The van der Waals surface area contributed by atoms with Gasteiger partial charge >= 0.3 is 0 Å². The number of nitrogens with zero attached hydrogens (tertiary/aromatic N) is 5. The van der Waals surface area contributed by atoms with Gasteiger partial charge in [0.15, 0.2) is 0 Å². The normalized spacial score (nSPS) is 19.0. The van der Waals surface area contributed by atoms with Crippen LogP contribution in [0.5, 0.6) is 5.88 Å². The molecule has 2 fully saturated rings. The first-order valence-corrected chi connectivity index (χ1v) is 9.24. The SMILES string of the molecule is CN1CCN(c2cc(C(=N)c3nc(OC4(C)CC4)ccc3N)ncn2)CC1. The molecule has 3 N–H and O–H groups in total. The number of hydrogen-bond donors (Lipinski definition) is 2. The van der Waals surface area contributed by atoms with Gasteiger partial charge in [0.1, 0.15) is 29.2 Å². The Kier molecular flexibility index (Phi) is 4.43. The Balaban J connectivity index is 1.57. The van der Waals surface area contributed by atoms with Crippen molar-refractivity contribution in [1.29, 1.82) is 5.41 Å². The molecule has 0 radical (unpaired) electrons. The van der Waals surface area contributed by atoms with Crippen molar-refractivity contribution in [2.45, 2.75) is 25.4 Å². The monoisotopic (exact) mass is 367 g/mol. The van der Waals surface area contributed by atoms with Crippen LogP contribution in [0.4, 0.5) is 11.5 Å². The molecule has 1 aliphatic carbocycles. The van der Waals surface area contributed by atoms with Gasteiger partial charge in [-0.05, 0) is 32.9 Å². The van der Waals surface area contributed by atoms with E-state index in [9.17, 15) is 0 Å². The Morgan fingerprint density at radius 1 is 1.19 bits per heavy atom. The van der Waals surface area contributed by atoms with Crippen molar-refractivity contribution in [2.75, 3.05) is 43.9 Å². The van der Waals surface area contributed by atoms with Crippen LogP contribution in [-0.2, 0) is 0 Å². The van der Waals surface area contributed by atoms with E-state index in [0.29, 0.717) is 23.0 Å². The topological polar surface area (TPSA) is 104 Å². The number of anilines is 2. The van der Waals surface area contributed by atoms with Gasteiger partial charge in [-0.1, -0.05) is 0 Å². The van der Waals surface area contributed by atoms with Gasteiger partial charge in [0.25, 0.3) is 0 Å². The summed E-state index contributed by atoms with van der Waals surface area (Å²) in [5, 5.41) is 8.58. The molecule has 1 aliphatic heterocycles. The fourth-order valence-corrected chi connectivity index (χ4v) is 3.05. The summed E-state index contributed by atoms with van der Waals surface area (Å²) in [4.78, 5) is 17.6. The number of nitrogen functional groups attached to an aromatic ring is 1. The fourth-order valence-electron chi connectivity index (χ4n) is 3.05. The number of likely N-dealkylation sites (N-methyl/N-ethyl adjacent to an activating group) is 1. The Bertz CT molecular complexity index is 857. The Morgan fingerprint density at radius 2 is 1.93 bits per heavy atom. The second-order valence-corrected chi connectivity index (χ2v) is 7.57. The van der Waals surface area contributed by atoms with Gasteiger partial charge in [-0.2, -0.15) is 0 Å². The molecule has 2 aromatic heterocycles. The molecular weight excluding hydrogens is 342 g/mol. The number of piperazine rings is 1. The predicted molar refractivity (Wildman–Crippen MR) is 105 cm³/mol. The fraction of sp³-hybridized carbons (Fsp3) is 0.474. The molecule has 0 amide bonds. The number of nitrogens with one attached hydrogen (secondary N) is 1. The Morgan fingerprint density at radius 3 is 2.63 bits per heavy atom. The molecule has 4 rings (SSSR count). The van der Waals surface area contributed by atoms with Crippen molar-refractivity contribution >= 4 is 17.2 Å². The first kappa shape index (κ1) is 17.7. The smallest absolute Gasteiger partial charge is 0.214 e. The highest BCUT2D eigenvalue weighted by Crippen LogP contribution is 2.39. The summed E-state index contributed by atoms with van der Waals surface area (Å²) in [5.41, 5.74) is 7.46. The molecule has 0 atom stereocenters. The lowest BCUT2D eigenvalue weighted by molar-refractivity contribution is 0.191. The van der Waals surface area contributed by atoms with Crippen molar-refractivity contribution in [3.8, 4) is 5.88 Å². The molecule has 2 aliphatic rings. The first-order valence-electron chi connectivity index (χ1n) is 9.24. The quantitative estimate of drug-likeness (QED) is 0.773. The molecule has 1 saturated carbocycles. The van der Waals surface area contributed by atoms with Crippen LogP contribution in [0, 0.1) is 5.41 Å². The lowest BCUT2D eigenvalue weighted by Gasteiger charge is -2.33. The van der Waals surface area contributed by atoms with Gasteiger partial charge in [-0.25, -0.2) is 15.0 Å². The van der Waals surface area contributed by atoms with E-state index < -0.39 is 0 Å².